The van der Waals surface area contributed by atoms with Crippen LogP contribution in [0.2, 0.25) is 0 Å². The monoisotopic (exact) mass is 355 g/mol. The Labute approximate surface area is 149 Å². The molecular formula is C18H29NO6. The van der Waals surface area contributed by atoms with Gasteiger partial charge in [0, 0.05) is 12.5 Å². The van der Waals surface area contributed by atoms with Crippen molar-refractivity contribution in [3.05, 3.63) is 11.8 Å². The van der Waals surface area contributed by atoms with Gasteiger partial charge in [0.15, 0.2) is 5.76 Å². The zero-order chi connectivity index (χ0) is 19.0. The van der Waals surface area contributed by atoms with Crippen LogP contribution in [0.1, 0.15) is 65.6 Å². The topological polar surface area (TPSA) is 87.9 Å². The molecule has 142 valence electrons. The molecule has 0 radical (unpaired) electrons. The smallest absolute Gasteiger partial charge is 0.316 e. The summed E-state index contributed by atoms with van der Waals surface area (Å²) in [6.07, 6.45) is 1.70. The summed E-state index contributed by atoms with van der Waals surface area (Å²) in [6.45, 7) is 9.74. The van der Waals surface area contributed by atoms with E-state index >= 15 is 0 Å². The highest BCUT2D eigenvalue weighted by atomic mass is 16.6. The summed E-state index contributed by atoms with van der Waals surface area (Å²) in [6, 6.07) is 1.61. The quantitative estimate of drug-likeness (QED) is 0.495. The maximum absolute atomic E-state index is 11.8. The highest BCUT2D eigenvalue weighted by Crippen LogP contribution is 2.28. The Morgan fingerprint density at radius 1 is 1.24 bits per heavy atom. The highest BCUT2D eigenvalue weighted by molar-refractivity contribution is 5.77. The van der Waals surface area contributed by atoms with E-state index in [9.17, 15) is 9.59 Å². The molecule has 0 fully saturated rings. The van der Waals surface area contributed by atoms with Gasteiger partial charge in [-0.05, 0) is 44.7 Å². The van der Waals surface area contributed by atoms with Crippen molar-refractivity contribution in [1.29, 1.82) is 0 Å². The summed E-state index contributed by atoms with van der Waals surface area (Å²) >= 11 is 0. The van der Waals surface area contributed by atoms with Crippen molar-refractivity contribution < 1.29 is 28.3 Å². The van der Waals surface area contributed by atoms with Crippen LogP contribution in [0.3, 0.4) is 0 Å². The van der Waals surface area contributed by atoms with E-state index < -0.39 is 11.5 Å². The zero-order valence-corrected chi connectivity index (χ0v) is 16.0. The lowest BCUT2D eigenvalue weighted by molar-refractivity contribution is -0.155. The third-order valence-corrected chi connectivity index (χ3v) is 3.38. The van der Waals surface area contributed by atoms with Gasteiger partial charge in [0.2, 0.25) is 0 Å². The van der Waals surface area contributed by atoms with Gasteiger partial charge in [0.1, 0.15) is 11.5 Å². The molecule has 1 heterocycles. The van der Waals surface area contributed by atoms with Crippen molar-refractivity contribution in [2.75, 3.05) is 13.7 Å². The van der Waals surface area contributed by atoms with E-state index in [1.165, 1.54) is 7.11 Å². The minimum absolute atomic E-state index is 0.0158. The average molecular weight is 355 g/mol. The number of methoxy groups -OCH3 is 1. The number of carbonyl (C=O) groups is 2. The number of carbonyl (C=O) groups excluding carboxylic acids is 2. The van der Waals surface area contributed by atoms with E-state index in [2.05, 4.69) is 5.16 Å². The molecule has 0 N–H and O–H groups in total. The number of hydrogen-bond acceptors (Lipinski definition) is 7. The summed E-state index contributed by atoms with van der Waals surface area (Å²) in [5.74, 6) is -0.333. The van der Waals surface area contributed by atoms with Crippen LogP contribution in [-0.4, -0.2) is 36.4 Å². The van der Waals surface area contributed by atoms with Gasteiger partial charge in [0.25, 0.3) is 5.88 Å². The fraction of sp³-hybridized carbons (Fsp3) is 0.722. The molecule has 1 aromatic rings. The second-order valence-corrected chi connectivity index (χ2v) is 7.20. The van der Waals surface area contributed by atoms with Crippen LogP contribution in [0.5, 0.6) is 5.88 Å². The van der Waals surface area contributed by atoms with E-state index in [0.717, 1.165) is 0 Å². The molecule has 1 atom stereocenters. The van der Waals surface area contributed by atoms with Crippen molar-refractivity contribution in [2.45, 2.75) is 65.4 Å². The first-order chi connectivity index (χ1) is 11.6. The molecule has 0 saturated carbocycles. The van der Waals surface area contributed by atoms with Gasteiger partial charge in [-0.25, -0.2) is 0 Å². The maximum atomic E-state index is 11.8. The SMILES string of the molecule is COC(=O)C(c1cc(OCCCCC(=O)OC(C)(C)C)no1)C(C)C. The van der Waals surface area contributed by atoms with Gasteiger partial charge in [-0.2, -0.15) is 0 Å². The van der Waals surface area contributed by atoms with Gasteiger partial charge < -0.3 is 18.7 Å². The fourth-order valence-corrected chi connectivity index (χ4v) is 2.27. The molecule has 1 unspecified atom stereocenters. The van der Waals surface area contributed by atoms with Crippen LogP contribution < -0.4 is 4.74 Å². The first-order valence-electron chi connectivity index (χ1n) is 8.53. The highest BCUT2D eigenvalue weighted by Gasteiger charge is 2.29. The summed E-state index contributed by atoms with van der Waals surface area (Å²) in [5, 5.41) is 3.82. The van der Waals surface area contributed by atoms with E-state index in [0.29, 0.717) is 37.5 Å². The number of ether oxygens (including phenoxy) is 3. The molecule has 0 saturated heterocycles. The minimum atomic E-state index is -0.512. The molecule has 0 amide bonds. The molecule has 7 heteroatoms. The summed E-state index contributed by atoms with van der Waals surface area (Å²) in [7, 11) is 1.34. The third-order valence-electron chi connectivity index (χ3n) is 3.38. The average Bonchev–Trinajstić information content (AvgIpc) is 2.93. The lowest BCUT2D eigenvalue weighted by Crippen LogP contribution is -2.23. The van der Waals surface area contributed by atoms with Gasteiger partial charge in [-0.3, -0.25) is 9.59 Å². The molecule has 1 rings (SSSR count). The van der Waals surface area contributed by atoms with Gasteiger partial charge in [-0.1, -0.05) is 13.8 Å². The van der Waals surface area contributed by atoms with E-state index in [1.54, 1.807) is 6.07 Å². The Hall–Kier alpha value is -2.05. The van der Waals surface area contributed by atoms with Crippen LogP contribution in [0.15, 0.2) is 10.6 Å². The first-order valence-corrected chi connectivity index (χ1v) is 8.53. The van der Waals surface area contributed by atoms with Gasteiger partial charge in [-0.15, -0.1) is 0 Å². The summed E-state index contributed by atoms with van der Waals surface area (Å²) in [5.41, 5.74) is -0.461. The van der Waals surface area contributed by atoms with Crippen molar-refractivity contribution in [1.82, 2.24) is 5.16 Å². The number of aromatic nitrogens is 1. The minimum Gasteiger partial charge on any atom is -0.476 e. The molecule has 0 aliphatic rings. The Morgan fingerprint density at radius 2 is 1.92 bits per heavy atom. The number of esters is 2. The largest absolute Gasteiger partial charge is 0.476 e. The molecule has 7 nitrogen and oxygen atoms in total. The predicted octanol–water partition coefficient (Wildman–Crippen LogP) is 3.48. The predicted molar refractivity (Wildman–Crippen MR) is 91.3 cm³/mol. The normalized spacial score (nSPS) is 12.8. The Balaban J connectivity index is 2.39. The summed E-state index contributed by atoms with van der Waals surface area (Å²) in [4.78, 5) is 23.4. The van der Waals surface area contributed by atoms with Crippen LogP contribution in [0, 0.1) is 5.92 Å². The molecule has 0 aliphatic carbocycles. The fourth-order valence-electron chi connectivity index (χ4n) is 2.27. The maximum Gasteiger partial charge on any atom is 0.316 e. The molecular weight excluding hydrogens is 326 g/mol. The van der Waals surface area contributed by atoms with Gasteiger partial charge >= 0.3 is 11.9 Å². The summed E-state index contributed by atoms with van der Waals surface area (Å²) < 4.78 is 20.7. The van der Waals surface area contributed by atoms with Crippen molar-refractivity contribution in [2.24, 2.45) is 5.92 Å². The standard InChI is InChI=1S/C18H29NO6/c1-12(2)16(17(21)22-6)13-11-14(19-25-13)23-10-8-7-9-15(20)24-18(3,4)5/h11-12,16H,7-10H2,1-6H3. The Bertz CT molecular complexity index is 558. The molecule has 1 aromatic heterocycles. The second-order valence-electron chi connectivity index (χ2n) is 7.20. The van der Waals surface area contributed by atoms with E-state index in [-0.39, 0.29) is 17.9 Å². The lowest BCUT2D eigenvalue weighted by atomic mass is 9.93. The molecule has 0 spiro atoms. The van der Waals surface area contributed by atoms with Crippen molar-refractivity contribution >= 4 is 11.9 Å². The number of hydrogen-bond donors (Lipinski definition) is 0. The third kappa shape index (κ3) is 7.58. The van der Waals surface area contributed by atoms with Crippen molar-refractivity contribution in [3.63, 3.8) is 0 Å². The molecule has 25 heavy (non-hydrogen) atoms. The van der Waals surface area contributed by atoms with E-state index in [1.807, 2.05) is 34.6 Å². The molecule has 0 aliphatic heterocycles. The zero-order valence-electron chi connectivity index (χ0n) is 16.0. The second kappa shape index (κ2) is 9.44. The Kier molecular flexibility index (Phi) is 7.93. The van der Waals surface area contributed by atoms with Crippen LogP contribution in [0.4, 0.5) is 0 Å². The number of nitrogens with zero attached hydrogens (tertiary/aromatic N) is 1. The first kappa shape index (κ1) is 21.0. The Morgan fingerprint density at radius 3 is 2.48 bits per heavy atom. The van der Waals surface area contributed by atoms with Gasteiger partial charge in [0.05, 0.1) is 13.7 Å². The number of rotatable bonds is 9. The van der Waals surface area contributed by atoms with E-state index in [4.69, 9.17) is 18.7 Å². The van der Waals surface area contributed by atoms with Crippen molar-refractivity contribution in [3.8, 4) is 5.88 Å². The molecule has 0 aromatic carbocycles. The number of unbranched alkanes of at least 4 members (excludes halogenated alkanes) is 1. The molecule has 0 bridgehead atoms. The van der Waals surface area contributed by atoms with Crippen LogP contribution in [0.25, 0.3) is 0 Å². The van der Waals surface area contributed by atoms with Crippen LogP contribution in [-0.2, 0) is 19.1 Å². The van der Waals surface area contributed by atoms with Crippen LogP contribution >= 0.6 is 0 Å². The lowest BCUT2D eigenvalue weighted by Gasteiger charge is -2.19.